The van der Waals surface area contributed by atoms with Crippen LogP contribution in [0, 0.1) is 6.92 Å². The fraction of sp³-hybridized carbons (Fsp3) is 0.294. The van der Waals surface area contributed by atoms with E-state index < -0.39 is 0 Å². The molecular weight excluding hydrogens is 276 g/mol. The largest absolute Gasteiger partial charge is 0.359 e. The number of benzene rings is 1. The van der Waals surface area contributed by atoms with Gasteiger partial charge in [-0.25, -0.2) is 0 Å². The van der Waals surface area contributed by atoms with Crippen LogP contribution in [0.15, 0.2) is 53.3 Å². The molecule has 1 aromatic carbocycles. The van der Waals surface area contributed by atoms with Crippen LogP contribution >= 0.6 is 0 Å². The zero-order valence-electron chi connectivity index (χ0n) is 12.5. The Morgan fingerprint density at radius 1 is 1.23 bits per heavy atom. The summed E-state index contributed by atoms with van der Waals surface area (Å²) >= 11 is 0. The van der Waals surface area contributed by atoms with Crippen molar-refractivity contribution in [2.24, 2.45) is 0 Å². The second-order valence-corrected chi connectivity index (χ2v) is 5.88. The van der Waals surface area contributed by atoms with Gasteiger partial charge in [0.15, 0.2) is 5.76 Å². The molecule has 5 heteroatoms. The van der Waals surface area contributed by atoms with Crippen molar-refractivity contribution in [1.29, 1.82) is 0 Å². The summed E-state index contributed by atoms with van der Waals surface area (Å²) in [6.07, 6.45) is 3.85. The van der Waals surface area contributed by atoms with E-state index in [0.29, 0.717) is 6.04 Å². The van der Waals surface area contributed by atoms with Crippen molar-refractivity contribution < 1.29 is 4.52 Å². The average molecular weight is 294 g/mol. The molecule has 0 spiro atoms. The highest BCUT2D eigenvalue weighted by molar-refractivity contribution is 5.59. The summed E-state index contributed by atoms with van der Waals surface area (Å²) in [6, 6.07) is 12.8. The SMILES string of the molecule is Cc1ccc(-c2cc(CN3CC(n4cccn4)C3)on2)cc1. The third-order valence-electron chi connectivity index (χ3n) is 4.12. The van der Waals surface area contributed by atoms with E-state index in [1.165, 1.54) is 5.56 Å². The summed E-state index contributed by atoms with van der Waals surface area (Å²) in [6.45, 7) is 4.89. The van der Waals surface area contributed by atoms with Crippen molar-refractivity contribution in [2.45, 2.75) is 19.5 Å². The highest BCUT2D eigenvalue weighted by Gasteiger charge is 2.29. The van der Waals surface area contributed by atoms with E-state index in [1.807, 2.05) is 29.2 Å². The number of nitrogens with zero attached hydrogens (tertiary/aromatic N) is 4. The first-order valence-corrected chi connectivity index (χ1v) is 7.52. The summed E-state index contributed by atoms with van der Waals surface area (Å²) in [5.41, 5.74) is 3.25. The average Bonchev–Trinajstić information content (AvgIpc) is 3.15. The Morgan fingerprint density at radius 2 is 2.05 bits per heavy atom. The van der Waals surface area contributed by atoms with E-state index in [4.69, 9.17) is 4.52 Å². The van der Waals surface area contributed by atoms with Gasteiger partial charge < -0.3 is 4.52 Å². The Kier molecular flexibility index (Phi) is 3.27. The molecule has 3 heterocycles. The minimum atomic E-state index is 0.481. The molecule has 22 heavy (non-hydrogen) atoms. The van der Waals surface area contributed by atoms with E-state index in [9.17, 15) is 0 Å². The molecule has 112 valence electrons. The molecule has 0 N–H and O–H groups in total. The lowest BCUT2D eigenvalue weighted by molar-refractivity contribution is 0.0810. The van der Waals surface area contributed by atoms with Crippen LogP contribution in [0.1, 0.15) is 17.4 Å². The lowest BCUT2D eigenvalue weighted by Crippen LogP contribution is -2.47. The summed E-state index contributed by atoms with van der Waals surface area (Å²) < 4.78 is 7.49. The van der Waals surface area contributed by atoms with Gasteiger partial charge in [-0.1, -0.05) is 35.0 Å². The molecule has 0 atom stereocenters. The first-order valence-electron chi connectivity index (χ1n) is 7.52. The zero-order chi connectivity index (χ0) is 14.9. The van der Waals surface area contributed by atoms with E-state index in [1.54, 1.807) is 0 Å². The molecule has 0 saturated carbocycles. The van der Waals surface area contributed by atoms with Crippen molar-refractivity contribution in [3.05, 3.63) is 60.1 Å². The third-order valence-corrected chi connectivity index (χ3v) is 4.12. The minimum absolute atomic E-state index is 0.481. The van der Waals surface area contributed by atoms with Crippen molar-refractivity contribution in [2.75, 3.05) is 13.1 Å². The van der Waals surface area contributed by atoms with E-state index in [2.05, 4.69) is 46.3 Å². The van der Waals surface area contributed by atoms with Crippen LogP contribution in [-0.4, -0.2) is 32.9 Å². The van der Waals surface area contributed by atoms with Gasteiger partial charge in [0, 0.05) is 37.1 Å². The van der Waals surface area contributed by atoms with E-state index in [0.717, 1.165) is 36.7 Å². The van der Waals surface area contributed by atoms with Crippen molar-refractivity contribution in [3.63, 3.8) is 0 Å². The Bertz CT molecular complexity index is 739. The first-order chi connectivity index (χ1) is 10.8. The number of hydrogen-bond donors (Lipinski definition) is 0. The topological polar surface area (TPSA) is 47.1 Å². The molecule has 0 unspecified atom stereocenters. The summed E-state index contributed by atoms with van der Waals surface area (Å²) in [5, 5.41) is 8.46. The van der Waals surface area contributed by atoms with E-state index in [-0.39, 0.29) is 0 Å². The second kappa shape index (κ2) is 5.42. The van der Waals surface area contributed by atoms with Crippen molar-refractivity contribution >= 4 is 0 Å². The monoisotopic (exact) mass is 294 g/mol. The highest BCUT2D eigenvalue weighted by Crippen LogP contribution is 2.25. The van der Waals surface area contributed by atoms with Crippen molar-refractivity contribution in [3.8, 4) is 11.3 Å². The minimum Gasteiger partial charge on any atom is -0.359 e. The number of aromatic nitrogens is 3. The van der Waals surface area contributed by atoms with Gasteiger partial charge in [0.05, 0.1) is 12.6 Å². The van der Waals surface area contributed by atoms with Crippen LogP contribution in [-0.2, 0) is 6.54 Å². The zero-order valence-corrected chi connectivity index (χ0v) is 12.5. The molecule has 1 aliphatic rings. The molecule has 0 radical (unpaired) electrons. The Morgan fingerprint density at radius 3 is 2.77 bits per heavy atom. The molecule has 5 nitrogen and oxygen atoms in total. The van der Waals surface area contributed by atoms with Crippen LogP contribution in [0.25, 0.3) is 11.3 Å². The fourth-order valence-electron chi connectivity index (χ4n) is 2.80. The molecule has 0 aliphatic carbocycles. The maximum Gasteiger partial charge on any atom is 0.151 e. The van der Waals surface area contributed by atoms with Crippen molar-refractivity contribution in [1.82, 2.24) is 19.8 Å². The number of rotatable bonds is 4. The van der Waals surface area contributed by atoms with Gasteiger partial charge in [-0.05, 0) is 13.0 Å². The molecule has 4 rings (SSSR count). The molecule has 1 fully saturated rings. The number of aryl methyl sites for hydroxylation is 1. The second-order valence-electron chi connectivity index (χ2n) is 5.88. The Balaban J connectivity index is 1.38. The van der Waals surface area contributed by atoms with Gasteiger partial charge in [-0.2, -0.15) is 5.10 Å². The normalized spacial score (nSPS) is 15.9. The maximum atomic E-state index is 5.47. The first kappa shape index (κ1) is 13.3. The van der Waals surface area contributed by atoms with E-state index >= 15 is 0 Å². The van der Waals surface area contributed by atoms with Crippen LogP contribution < -0.4 is 0 Å². The molecule has 0 amide bonds. The predicted molar refractivity (Wildman–Crippen MR) is 83.2 cm³/mol. The van der Waals surface area contributed by atoms with Gasteiger partial charge in [0.2, 0.25) is 0 Å². The molecule has 0 bridgehead atoms. The van der Waals surface area contributed by atoms with Gasteiger partial charge in [0.1, 0.15) is 5.69 Å². The predicted octanol–water partition coefficient (Wildman–Crippen LogP) is 2.90. The van der Waals surface area contributed by atoms with Gasteiger partial charge in [-0.15, -0.1) is 0 Å². The van der Waals surface area contributed by atoms with Crippen LogP contribution in [0.5, 0.6) is 0 Å². The van der Waals surface area contributed by atoms with Crippen LogP contribution in [0.4, 0.5) is 0 Å². The molecular formula is C17H18N4O. The molecule has 2 aromatic heterocycles. The number of likely N-dealkylation sites (tertiary alicyclic amines) is 1. The Hall–Kier alpha value is -2.40. The maximum absolute atomic E-state index is 5.47. The van der Waals surface area contributed by atoms with Gasteiger partial charge in [-0.3, -0.25) is 9.58 Å². The summed E-state index contributed by atoms with van der Waals surface area (Å²) in [4.78, 5) is 2.34. The smallest absolute Gasteiger partial charge is 0.151 e. The quantitative estimate of drug-likeness (QED) is 0.742. The van der Waals surface area contributed by atoms with Gasteiger partial charge in [0.25, 0.3) is 0 Å². The fourth-order valence-corrected chi connectivity index (χ4v) is 2.80. The lowest BCUT2D eigenvalue weighted by Gasteiger charge is -2.38. The number of hydrogen-bond acceptors (Lipinski definition) is 4. The van der Waals surface area contributed by atoms with Crippen LogP contribution in [0.3, 0.4) is 0 Å². The van der Waals surface area contributed by atoms with Gasteiger partial charge >= 0.3 is 0 Å². The summed E-state index contributed by atoms with van der Waals surface area (Å²) in [5.74, 6) is 0.912. The lowest BCUT2D eigenvalue weighted by atomic mass is 10.1. The Labute approximate surface area is 129 Å². The molecule has 1 aliphatic heterocycles. The molecule has 3 aromatic rings. The third kappa shape index (κ3) is 2.55. The summed E-state index contributed by atoms with van der Waals surface area (Å²) in [7, 11) is 0. The molecule has 1 saturated heterocycles. The standard InChI is InChI=1S/C17H18N4O/c1-13-3-5-14(6-4-13)17-9-16(22-19-17)12-20-10-15(11-20)21-8-2-7-18-21/h2-9,15H,10-12H2,1H3. The highest BCUT2D eigenvalue weighted by atomic mass is 16.5. The van der Waals surface area contributed by atoms with Crippen LogP contribution in [0.2, 0.25) is 0 Å².